The Balaban J connectivity index is 1.38. The fraction of sp³-hybridized carbons (Fsp3) is 0.464. The van der Waals surface area contributed by atoms with Crippen LogP contribution < -0.4 is 10.6 Å². The molecule has 1 aliphatic rings. The fourth-order valence-corrected chi connectivity index (χ4v) is 4.41. The number of morpholine rings is 1. The van der Waals surface area contributed by atoms with Crippen molar-refractivity contribution in [3.05, 3.63) is 60.2 Å². The number of hydrogen-bond acceptors (Lipinski definition) is 6. The van der Waals surface area contributed by atoms with Crippen LogP contribution in [0.3, 0.4) is 0 Å². The molecule has 0 saturated carbocycles. The van der Waals surface area contributed by atoms with E-state index < -0.39 is 0 Å². The van der Waals surface area contributed by atoms with Crippen molar-refractivity contribution in [2.24, 2.45) is 0 Å². The third-order valence-electron chi connectivity index (χ3n) is 6.30. The van der Waals surface area contributed by atoms with Gasteiger partial charge in [-0.1, -0.05) is 36.4 Å². The zero-order chi connectivity index (χ0) is 23.6. The third kappa shape index (κ3) is 7.24. The maximum absolute atomic E-state index is 5.43. The maximum atomic E-state index is 5.43. The van der Waals surface area contributed by atoms with E-state index in [2.05, 4.69) is 89.1 Å². The summed E-state index contributed by atoms with van der Waals surface area (Å²) in [5.74, 6) is 0. The van der Waals surface area contributed by atoms with E-state index in [4.69, 9.17) is 9.72 Å². The van der Waals surface area contributed by atoms with Crippen LogP contribution in [0.1, 0.15) is 18.4 Å². The number of pyridine rings is 1. The molecule has 34 heavy (non-hydrogen) atoms. The van der Waals surface area contributed by atoms with E-state index >= 15 is 0 Å². The van der Waals surface area contributed by atoms with E-state index in [1.54, 1.807) is 0 Å². The first-order chi connectivity index (χ1) is 16.7. The Hall–Kier alpha value is -2.51. The lowest BCUT2D eigenvalue weighted by Crippen LogP contribution is -2.37. The predicted octanol–water partition coefficient (Wildman–Crippen LogP) is 4.08. The van der Waals surface area contributed by atoms with Gasteiger partial charge in [0.05, 0.1) is 24.4 Å². The minimum absolute atomic E-state index is 0.871. The van der Waals surface area contributed by atoms with Crippen LogP contribution in [0, 0.1) is 0 Å². The number of nitrogens with one attached hydrogen (secondary N) is 2. The lowest BCUT2D eigenvalue weighted by Gasteiger charge is -2.26. The number of benzene rings is 2. The molecule has 1 aliphatic heterocycles. The molecular weight excluding hydrogens is 422 g/mol. The van der Waals surface area contributed by atoms with Gasteiger partial charge in [-0.2, -0.15) is 0 Å². The number of fused-ring (bicyclic) bond motifs is 1. The molecule has 0 radical (unpaired) electrons. The molecule has 2 N–H and O–H groups in total. The average Bonchev–Trinajstić information content (AvgIpc) is 2.87. The summed E-state index contributed by atoms with van der Waals surface area (Å²) in [6.07, 6.45) is 2.26. The molecule has 1 fully saturated rings. The van der Waals surface area contributed by atoms with Gasteiger partial charge in [-0.15, -0.1) is 0 Å². The fourth-order valence-electron chi connectivity index (χ4n) is 4.41. The number of ether oxygens (including phenoxy) is 1. The van der Waals surface area contributed by atoms with E-state index in [0.29, 0.717) is 0 Å². The molecule has 1 aromatic heterocycles. The molecule has 182 valence electrons. The minimum Gasteiger partial charge on any atom is -0.384 e. The zero-order valence-corrected chi connectivity index (χ0v) is 20.7. The Morgan fingerprint density at radius 2 is 1.82 bits per heavy atom. The highest BCUT2D eigenvalue weighted by atomic mass is 16.5. The predicted molar refractivity (Wildman–Crippen MR) is 142 cm³/mol. The molecule has 4 rings (SSSR count). The largest absolute Gasteiger partial charge is 0.384 e. The van der Waals surface area contributed by atoms with Gasteiger partial charge < -0.3 is 20.3 Å². The second-order valence-electron chi connectivity index (χ2n) is 9.34. The first-order valence-electron chi connectivity index (χ1n) is 12.6. The van der Waals surface area contributed by atoms with Gasteiger partial charge in [-0.25, -0.2) is 4.98 Å². The molecule has 2 heterocycles. The summed E-state index contributed by atoms with van der Waals surface area (Å²) < 4.78 is 5.43. The molecular formula is C28H39N5O. The van der Waals surface area contributed by atoms with Gasteiger partial charge in [-0.05, 0) is 70.3 Å². The molecule has 0 aliphatic carbocycles. The Morgan fingerprint density at radius 1 is 0.971 bits per heavy atom. The Morgan fingerprint density at radius 3 is 2.68 bits per heavy atom. The molecule has 0 spiro atoms. The Labute approximate surface area is 204 Å². The molecule has 6 heteroatoms. The van der Waals surface area contributed by atoms with Crippen LogP contribution in [0.4, 0.5) is 5.69 Å². The quantitative estimate of drug-likeness (QED) is 0.397. The Kier molecular flexibility index (Phi) is 9.27. The lowest BCUT2D eigenvalue weighted by atomic mass is 10.0. The van der Waals surface area contributed by atoms with Crippen molar-refractivity contribution >= 4 is 16.6 Å². The number of rotatable bonds is 12. The molecule has 6 nitrogen and oxygen atoms in total. The van der Waals surface area contributed by atoms with Crippen molar-refractivity contribution in [2.75, 3.05) is 71.9 Å². The molecule has 1 saturated heterocycles. The monoisotopic (exact) mass is 461 g/mol. The second-order valence-corrected chi connectivity index (χ2v) is 9.34. The molecule has 0 unspecified atom stereocenters. The summed E-state index contributed by atoms with van der Waals surface area (Å²) in [5, 5.41) is 8.44. The minimum atomic E-state index is 0.871. The number of para-hydroxylation sites is 1. The van der Waals surface area contributed by atoms with E-state index in [0.717, 1.165) is 94.3 Å². The summed E-state index contributed by atoms with van der Waals surface area (Å²) in [6, 6.07) is 19.4. The summed E-state index contributed by atoms with van der Waals surface area (Å²) in [7, 11) is 4.23. The van der Waals surface area contributed by atoms with Crippen molar-refractivity contribution < 1.29 is 4.74 Å². The summed E-state index contributed by atoms with van der Waals surface area (Å²) >= 11 is 0. The van der Waals surface area contributed by atoms with Crippen molar-refractivity contribution in [1.29, 1.82) is 0 Å². The van der Waals surface area contributed by atoms with Crippen LogP contribution in [0.25, 0.3) is 22.2 Å². The van der Waals surface area contributed by atoms with E-state index in [9.17, 15) is 0 Å². The SMILES string of the molecule is CN(C)CCCNc1cc(-c2cccc(CNCCCN3CCOCC3)c2)nc2ccccc12. The highest BCUT2D eigenvalue weighted by molar-refractivity contribution is 5.93. The summed E-state index contributed by atoms with van der Waals surface area (Å²) in [4.78, 5) is 9.69. The van der Waals surface area contributed by atoms with Crippen molar-refractivity contribution in [2.45, 2.75) is 19.4 Å². The first-order valence-corrected chi connectivity index (χ1v) is 12.6. The van der Waals surface area contributed by atoms with Gasteiger partial charge in [0.1, 0.15) is 0 Å². The highest BCUT2D eigenvalue weighted by Crippen LogP contribution is 2.28. The smallest absolute Gasteiger partial charge is 0.0730 e. The zero-order valence-electron chi connectivity index (χ0n) is 20.7. The number of nitrogens with zero attached hydrogens (tertiary/aromatic N) is 3. The van der Waals surface area contributed by atoms with Gasteiger partial charge in [0.15, 0.2) is 0 Å². The van der Waals surface area contributed by atoms with Gasteiger partial charge in [0, 0.05) is 42.8 Å². The number of anilines is 1. The number of hydrogen-bond donors (Lipinski definition) is 2. The van der Waals surface area contributed by atoms with E-state index in [1.807, 2.05) is 0 Å². The first kappa shape index (κ1) is 24.6. The third-order valence-corrected chi connectivity index (χ3v) is 6.30. The Bertz CT molecular complexity index is 1030. The summed E-state index contributed by atoms with van der Waals surface area (Å²) in [6.45, 7) is 8.93. The summed E-state index contributed by atoms with van der Waals surface area (Å²) in [5.41, 5.74) is 5.66. The molecule has 0 atom stereocenters. The highest BCUT2D eigenvalue weighted by Gasteiger charge is 2.10. The molecule has 3 aromatic rings. The second kappa shape index (κ2) is 12.8. The topological polar surface area (TPSA) is 52.7 Å². The number of aromatic nitrogens is 1. The maximum Gasteiger partial charge on any atom is 0.0730 e. The van der Waals surface area contributed by atoms with E-state index in [-0.39, 0.29) is 0 Å². The van der Waals surface area contributed by atoms with Crippen LogP contribution >= 0.6 is 0 Å². The van der Waals surface area contributed by atoms with Crippen molar-refractivity contribution in [1.82, 2.24) is 20.1 Å². The van der Waals surface area contributed by atoms with Crippen LogP contribution in [-0.4, -0.2) is 81.4 Å². The normalized spacial score (nSPS) is 14.7. The lowest BCUT2D eigenvalue weighted by molar-refractivity contribution is 0.0374. The molecule has 0 amide bonds. The van der Waals surface area contributed by atoms with Crippen molar-refractivity contribution in [3.63, 3.8) is 0 Å². The molecule has 2 aromatic carbocycles. The van der Waals surface area contributed by atoms with E-state index in [1.165, 1.54) is 10.9 Å². The van der Waals surface area contributed by atoms with Crippen molar-refractivity contribution in [3.8, 4) is 11.3 Å². The van der Waals surface area contributed by atoms with Gasteiger partial charge in [0.2, 0.25) is 0 Å². The van der Waals surface area contributed by atoms with Gasteiger partial charge in [0.25, 0.3) is 0 Å². The van der Waals surface area contributed by atoms with Gasteiger partial charge in [-0.3, -0.25) is 4.90 Å². The molecule has 0 bridgehead atoms. The standard InChI is InChI=1S/C28H39N5O/c1-32(2)14-7-13-30-28-21-27(31-26-11-4-3-10-25(26)28)24-9-5-8-23(20-24)22-29-12-6-15-33-16-18-34-19-17-33/h3-5,8-11,20-21,29H,6-7,12-19,22H2,1-2H3,(H,30,31). The van der Waals surface area contributed by atoms with Crippen LogP contribution in [0.15, 0.2) is 54.6 Å². The van der Waals surface area contributed by atoms with Crippen LogP contribution in [0.2, 0.25) is 0 Å². The van der Waals surface area contributed by atoms with Crippen LogP contribution in [0.5, 0.6) is 0 Å². The van der Waals surface area contributed by atoms with Crippen LogP contribution in [-0.2, 0) is 11.3 Å². The average molecular weight is 462 g/mol. The van der Waals surface area contributed by atoms with Gasteiger partial charge >= 0.3 is 0 Å².